The Labute approximate surface area is 405 Å². The summed E-state index contributed by atoms with van der Waals surface area (Å²) in [5.41, 5.74) is -3.48. The van der Waals surface area contributed by atoms with Crippen molar-refractivity contribution in [1.29, 1.82) is 0 Å². The Hall–Kier alpha value is -3.53. The molecule has 4 aliphatic rings. The maximum atomic E-state index is 13.6. The van der Waals surface area contributed by atoms with Gasteiger partial charge in [-0.1, -0.05) is 67.0 Å². The molecule has 2 aromatic rings. The van der Waals surface area contributed by atoms with Gasteiger partial charge in [-0.05, 0) is 110 Å². The topological polar surface area (TPSA) is 192 Å². The highest BCUT2D eigenvalue weighted by Gasteiger charge is 2.68. The molecule has 6 rings (SSSR count). The van der Waals surface area contributed by atoms with Crippen LogP contribution in [0.4, 0.5) is 30.7 Å². The zero-order valence-corrected chi connectivity index (χ0v) is 41.2. The Balaban J connectivity index is 0.000000334. The summed E-state index contributed by atoms with van der Waals surface area (Å²) < 4.78 is 104. The monoisotopic (exact) mass is 1010 g/mol. The van der Waals surface area contributed by atoms with Crippen LogP contribution in [0.15, 0.2) is 36.4 Å². The fourth-order valence-corrected chi connectivity index (χ4v) is 9.57. The molecule has 0 radical (unpaired) electrons. The quantitative estimate of drug-likeness (QED) is 0.0622. The number of amides is 2. The van der Waals surface area contributed by atoms with Gasteiger partial charge < -0.3 is 40.0 Å². The number of carbonyl (C=O) groups is 4. The summed E-state index contributed by atoms with van der Waals surface area (Å²) in [5.74, 6) is -3.04. The summed E-state index contributed by atoms with van der Waals surface area (Å²) >= 11 is 5.95. The lowest BCUT2D eigenvalue weighted by atomic mass is 9.43. The first kappa shape index (κ1) is 59.8. The average Bonchev–Trinajstić information content (AvgIpc) is 3.58. The molecule has 69 heavy (non-hydrogen) atoms. The maximum Gasteiger partial charge on any atom is 0.461 e. The number of nitrogens with one attached hydrogen (secondary N) is 2. The molecule has 1 aliphatic heterocycles. The van der Waals surface area contributed by atoms with Crippen molar-refractivity contribution in [3.63, 3.8) is 0 Å². The van der Waals surface area contributed by atoms with E-state index in [1.54, 1.807) is 0 Å². The van der Waals surface area contributed by atoms with E-state index in [0.717, 1.165) is 25.0 Å². The van der Waals surface area contributed by atoms with Gasteiger partial charge in [0, 0.05) is 24.5 Å². The summed E-state index contributed by atoms with van der Waals surface area (Å²) in [5, 5.41) is 39.5. The van der Waals surface area contributed by atoms with E-state index >= 15 is 0 Å². The van der Waals surface area contributed by atoms with Crippen molar-refractivity contribution in [3.8, 4) is 0 Å². The molecule has 2 bridgehead atoms. The molecule has 3 aliphatic carbocycles. The highest BCUT2D eigenvalue weighted by atomic mass is 35.5. The van der Waals surface area contributed by atoms with E-state index in [2.05, 4.69) is 45.3 Å². The lowest BCUT2D eigenvalue weighted by molar-refractivity contribution is -0.199. The van der Waals surface area contributed by atoms with Gasteiger partial charge in [0.1, 0.15) is 5.82 Å². The van der Waals surface area contributed by atoms with Crippen molar-refractivity contribution in [2.75, 3.05) is 13.1 Å². The summed E-state index contributed by atoms with van der Waals surface area (Å²) in [6.07, 6.45) is -5.80. The highest BCUT2D eigenvalue weighted by Crippen LogP contribution is 2.66. The van der Waals surface area contributed by atoms with E-state index < -0.39 is 86.2 Å². The Kier molecular flexibility index (Phi) is 21.4. The van der Waals surface area contributed by atoms with Gasteiger partial charge in [0.15, 0.2) is 11.6 Å². The number of rotatable bonds is 18. The molecule has 6 N–H and O–H groups in total. The van der Waals surface area contributed by atoms with Crippen LogP contribution in [0.25, 0.3) is 0 Å². The number of Topliss-reactive ketones (excluding diaryl/α,β-unsaturated/α-hetero) is 2. The first-order chi connectivity index (χ1) is 31.7. The second-order valence-corrected chi connectivity index (χ2v) is 20.8. The molecular weight excluding hydrogens is 941 g/mol. The maximum absolute atomic E-state index is 13.6. The SMILES string of the molecule is CC(C)CB(O)O.CC(C)C[C@H](CC(=O)CNC(=O)c1cc(C(F)(F)F)ccc1Cl)B1O[C@@H]2C[C@@H]3C[C@@H](C3(C)C)[C@]2(C)O1.CC(C)C[C@H](CC(=O)CNC(=O)c1cc(C(F)(F)F)ccc1F)B(O)O. The van der Waals surface area contributed by atoms with E-state index in [1.807, 2.05) is 27.7 Å². The van der Waals surface area contributed by atoms with Gasteiger partial charge in [0.25, 0.3) is 11.8 Å². The first-order valence-corrected chi connectivity index (χ1v) is 23.4. The van der Waals surface area contributed by atoms with Gasteiger partial charge >= 0.3 is 33.7 Å². The van der Waals surface area contributed by atoms with E-state index in [-0.39, 0.29) is 64.6 Å². The van der Waals surface area contributed by atoms with Crippen molar-refractivity contribution < 1.29 is 79.3 Å². The summed E-state index contributed by atoms with van der Waals surface area (Å²) in [4.78, 5) is 49.1. The van der Waals surface area contributed by atoms with Crippen LogP contribution in [0.1, 0.15) is 133 Å². The number of carbonyl (C=O) groups excluding carboxylic acids is 4. The van der Waals surface area contributed by atoms with E-state index in [1.165, 1.54) is 0 Å². The first-order valence-electron chi connectivity index (χ1n) is 23.1. The van der Waals surface area contributed by atoms with Crippen molar-refractivity contribution in [1.82, 2.24) is 10.6 Å². The molecule has 0 spiro atoms. The molecular formula is C46H65B3ClF7N2O10. The molecule has 4 fully saturated rings. The smallest absolute Gasteiger partial charge is 0.427 e. The van der Waals surface area contributed by atoms with E-state index in [4.69, 9.17) is 31.0 Å². The van der Waals surface area contributed by atoms with Crippen LogP contribution in [0, 0.1) is 40.8 Å². The largest absolute Gasteiger partial charge is 0.461 e. The lowest BCUT2D eigenvalue weighted by Crippen LogP contribution is -2.65. The zero-order valence-electron chi connectivity index (χ0n) is 40.4. The van der Waals surface area contributed by atoms with Gasteiger partial charge in [-0.2, -0.15) is 26.3 Å². The number of benzene rings is 2. The summed E-state index contributed by atoms with van der Waals surface area (Å²) in [6.45, 7) is 17.5. The molecule has 6 atom stereocenters. The molecule has 384 valence electrons. The average molecular weight is 1010 g/mol. The van der Waals surface area contributed by atoms with Gasteiger partial charge in [-0.15, -0.1) is 0 Å². The van der Waals surface area contributed by atoms with Crippen LogP contribution < -0.4 is 10.6 Å². The molecule has 23 heteroatoms. The molecule has 1 saturated heterocycles. The van der Waals surface area contributed by atoms with Crippen molar-refractivity contribution in [3.05, 3.63) is 69.5 Å². The van der Waals surface area contributed by atoms with Crippen LogP contribution in [0.2, 0.25) is 23.0 Å². The minimum absolute atomic E-state index is 0.00629. The van der Waals surface area contributed by atoms with Crippen LogP contribution in [0.5, 0.6) is 0 Å². The van der Waals surface area contributed by atoms with Gasteiger partial charge in [0.2, 0.25) is 0 Å². The molecule has 0 aromatic heterocycles. The molecule has 0 unspecified atom stereocenters. The second kappa shape index (κ2) is 24.7. The molecule has 2 amide bonds. The van der Waals surface area contributed by atoms with Crippen molar-refractivity contribution in [2.45, 2.75) is 143 Å². The van der Waals surface area contributed by atoms with E-state index in [9.17, 15) is 60.0 Å². The van der Waals surface area contributed by atoms with Gasteiger partial charge in [-0.3, -0.25) is 19.2 Å². The lowest BCUT2D eigenvalue weighted by Gasteiger charge is -2.64. The zero-order chi connectivity index (χ0) is 52.6. The second-order valence-electron chi connectivity index (χ2n) is 20.4. The summed E-state index contributed by atoms with van der Waals surface area (Å²) in [7, 11) is -3.34. The highest BCUT2D eigenvalue weighted by molar-refractivity contribution is 6.48. The number of hydrogen-bond acceptors (Lipinski definition) is 10. The molecule has 2 aromatic carbocycles. The third kappa shape index (κ3) is 17.1. The molecule has 3 saturated carbocycles. The Morgan fingerprint density at radius 1 is 0.768 bits per heavy atom. The standard InChI is InChI=1S/C26H34BClF3NO4.C16H20BF4NO4.C4H11BO2/c1-14(2)8-17(27-35-22-11-16-10-21(24(16,3)4)25(22,5)36-27)12-18(33)13-32-23(34)19-9-15(26(29,30)31)6-7-20(19)28;1-9(2)5-11(17(25)26)7-12(23)8-22-15(24)13-6-10(16(19,20)21)3-4-14(13)18;1-4(2)3-5(6)7/h6-7,9,14,16-17,21-22H,8,10-13H2,1-5H3,(H,32,34);3-4,6,9,11,25-26H,5,7-8H2,1-2H3,(H,22,24);4,6-7H,3H2,1-2H3/t16-,17+,21-,22+,25-;11-;/m01./s1. The fourth-order valence-electron chi connectivity index (χ4n) is 9.36. The van der Waals surface area contributed by atoms with Crippen LogP contribution in [0.3, 0.4) is 0 Å². The van der Waals surface area contributed by atoms with Crippen LogP contribution in [-0.4, -0.2) is 89.6 Å². The third-order valence-electron chi connectivity index (χ3n) is 13.0. The number of hydrogen-bond donors (Lipinski definition) is 6. The number of ketones is 2. The number of alkyl halides is 6. The minimum atomic E-state index is -4.74. The van der Waals surface area contributed by atoms with Crippen molar-refractivity contribution in [2.24, 2.45) is 35.0 Å². The normalized spacial score (nSPS) is 21.2. The van der Waals surface area contributed by atoms with Crippen LogP contribution >= 0.6 is 11.6 Å². The number of halogens is 8. The third-order valence-corrected chi connectivity index (χ3v) is 13.3. The Morgan fingerprint density at radius 2 is 1.28 bits per heavy atom. The Bertz CT molecular complexity index is 2070. The summed E-state index contributed by atoms with van der Waals surface area (Å²) in [6, 6.07) is 3.94. The molecule has 1 heterocycles. The molecule has 12 nitrogen and oxygen atoms in total. The van der Waals surface area contributed by atoms with Gasteiger partial charge in [-0.25, -0.2) is 4.39 Å². The minimum Gasteiger partial charge on any atom is -0.427 e. The fraction of sp³-hybridized carbons (Fsp3) is 0.652. The van der Waals surface area contributed by atoms with Crippen LogP contribution in [-0.2, 0) is 31.3 Å². The predicted molar refractivity (Wildman–Crippen MR) is 248 cm³/mol. The predicted octanol–water partition coefficient (Wildman–Crippen LogP) is 8.73. The van der Waals surface area contributed by atoms with Crippen molar-refractivity contribution >= 4 is 56.3 Å². The van der Waals surface area contributed by atoms with Gasteiger partial charge in [0.05, 0.1) is 52.1 Å². The van der Waals surface area contributed by atoms with E-state index in [0.29, 0.717) is 67.1 Å². The Morgan fingerprint density at radius 3 is 1.74 bits per heavy atom.